The van der Waals surface area contributed by atoms with E-state index in [4.69, 9.17) is 13.8 Å². The molecule has 1 aromatic carbocycles. The van der Waals surface area contributed by atoms with Gasteiger partial charge in [-0.05, 0) is 43.0 Å². The zero-order valence-corrected chi connectivity index (χ0v) is 15.6. The molecule has 0 atom stereocenters. The van der Waals surface area contributed by atoms with Crippen LogP contribution in [0.1, 0.15) is 5.76 Å². The van der Waals surface area contributed by atoms with Crippen molar-refractivity contribution in [1.82, 2.24) is 25.1 Å². The van der Waals surface area contributed by atoms with Crippen molar-refractivity contribution in [2.24, 2.45) is 0 Å². The van der Waals surface area contributed by atoms with Crippen LogP contribution in [-0.2, 0) is 0 Å². The highest BCUT2D eigenvalue weighted by Gasteiger charge is 2.17. The lowest BCUT2D eigenvalue weighted by Crippen LogP contribution is -1.94. The van der Waals surface area contributed by atoms with Crippen molar-refractivity contribution < 1.29 is 8.83 Å². The van der Waals surface area contributed by atoms with Crippen molar-refractivity contribution in [3.8, 4) is 22.8 Å². The molecule has 28 heavy (non-hydrogen) atoms. The molecule has 0 unspecified atom stereocenters. The number of nitrogens with zero attached hydrogens (tertiary/aromatic N) is 5. The number of aromatic nitrogens is 5. The molecular weight excluding hydrogens is 374 g/mol. The molecule has 0 aliphatic carbocycles. The Morgan fingerprint density at radius 2 is 1.89 bits per heavy atom. The summed E-state index contributed by atoms with van der Waals surface area (Å²) in [6.07, 6.45) is 5.06. The monoisotopic (exact) mass is 387 g/mol. The first-order valence-electron chi connectivity index (χ1n) is 8.51. The second-order valence-electron chi connectivity index (χ2n) is 5.98. The highest BCUT2D eigenvalue weighted by Crippen LogP contribution is 2.34. The van der Waals surface area contributed by atoms with Gasteiger partial charge in [0.1, 0.15) is 10.8 Å². The van der Waals surface area contributed by atoms with Gasteiger partial charge in [-0.25, -0.2) is 9.97 Å². The smallest absolute Gasteiger partial charge is 0.283 e. The molecule has 4 aromatic heterocycles. The van der Waals surface area contributed by atoms with Crippen LogP contribution in [0.2, 0.25) is 0 Å². The Hall–Kier alpha value is -3.52. The molecule has 0 fully saturated rings. The van der Waals surface area contributed by atoms with Gasteiger partial charge >= 0.3 is 0 Å². The minimum Gasteiger partial charge on any atom is -0.469 e. The number of pyridine rings is 1. The van der Waals surface area contributed by atoms with Gasteiger partial charge in [-0.2, -0.15) is 0 Å². The molecule has 136 valence electrons. The van der Waals surface area contributed by atoms with Crippen molar-refractivity contribution in [2.45, 2.75) is 17.2 Å². The lowest BCUT2D eigenvalue weighted by Gasteiger charge is -2.06. The van der Waals surface area contributed by atoms with Crippen molar-refractivity contribution in [2.75, 3.05) is 0 Å². The van der Waals surface area contributed by atoms with Crippen LogP contribution in [0.15, 0.2) is 80.2 Å². The van der Waals surface area contributed by atoms with E-state index in [1.807, 2.05) is 43.3 Å². The van der Waals surface area contributed by atoms with Crippen molar-refractivity contribution in [1.29, 1.82) is 0 Å². The summed E-state index contributed by atoms with van der Waals surface area (Å²) in [4.78, 5) is 13.5. The Bertz CT molecular complexity index is 1270. The third kappa shape index (κ3) is 3.03. The van der Waals surface area contributed by atoms with Gasteiger partial charge in [-0.15, -0.1) is 10.2 Å². The molecule has 0 amide bonds. The summed E-state index contributed by atoms with van der Waals surface area (Å²) in [7, 11) is 0. The molecule has 0 radical (unpaired) electrons. The second kappa shape index (κ2) is 6.90. The van der Waals surface area contributed by atoms with Crippen LogP contribution in [0.5, 0.6) is 0 Å². The van der Waals surface area contributed by atoms with Crippen molar-refractivity contribution in [3.05, 3.63) is 66.9 Å². The molecule has 0 spiro atoms. The fourth-order valence-corrected chi connectivity index (χ4v) is 3.58. The maximum atomic E-state index is 5.82. The molecule has 7 nitrogen and oxygen atoms in total. The lowest BCUT2D eigenvalue weighted by molar-refractivity contribution is 0.463. The van der Waals surface area contributed by atoms with Gasteiger partial charge in [0, 0.05) is 23.3 Å². The van der Waals surface area contributed by atoms with Crippen LogP contribution < -0.4 is 0 Å². The van der Waals surface area contributed by atoms with Crippen LogP contribution >= 0.6 is 11.8 Å². The van der Waals surface area contributed by atoms with Crippen LogP contribution in [0.25, 0.3) is 33.7 Å². The quantitative estimate of drug-likeness (QED) is 0.406. The molecule has 8 heteroatoms. The molecule has 0 saturated carbocycles. The molecule has 0 saturated heterocycles. The van der Waals surface area contributed by atoms with E-state index in [1.165, 1.54) is 11.8 Å². The zero-order valence-electron chi connectivity index (χ0n) is 14.7. The van der Waals surface area contributed by atoms with Crippen molar-refractivity contribution >= 4 is 22.7 Å². The second-order valence-corrected chi connectivity index (χ2v) is 6.92. The first-order chi connectivity index (χ1) is 13.8. The van der Waals surface area contributed by atoms with E-state index in [2.05, 4.69) is 20.2 Å². The standard InChI is InChI=1S/C20H13N5O2S/c1-12-14(8-10-26-12)18-24-25-20(27-18)28-19-15-6-2-3-7-16(15)22-17(23-19)13-5-4-9-21-11-13/h2-11H,1H3. The Labute approximate surface area is 163 Å². The maximum absolute atomic E-state index is 5.82. The largest absolute Gasteiger partial charge is 0.469 e. The summed E-state index contributed by atoms with van der Waals surface area (Å²) in [6, 6.07) is 13.4. The van der Waals surface area contributed by atoms with E-state index in [9.17, 15) is 0 Å². The van der Waals surface area contributed by atoms with Gasteiger partial charge < -0.3 is 8.83 Å². The summed E-state index contributed by atoms with van der Waals surface area (Å²) in [5, 5.41) is 10.3. The predicted octanol–water partition coefficient (Wildman–Crippen LogP) is 4.79. The summed E-state index contributed by atoms with van der Waals surface area (Å²) in [5.41, 5.74) is 2.46. The number of hydrogen-bond donors (Lipinski definition) is 0. The number of hydrogen-bond acceptors (Lipinski definition) is 8. The molecule has 0 aliphatic rings. The minimum absolute atomic E-state index is 0.400. The Morgan fingerprint density at radius 3 is 2.71 bits per heavy atom. The number of furan rings is 1. The van der Waals surface area contributed by atoms with Gasteiger partial charge in [-0.1, -0.05) is 18.2 Å². The molecule has 5 aromatic rings. The van der Waals surface area contributed by atoms with E-state index >= 15 is 0 Å². The third-order valence-electron chi connectivity index (χ3n) is 4.17. The summed E-state index contributed by atoms with van der Waals surface area (Å²) in [5.74, 6) is 1.74. The van der Waals surface area contributed by atoms with Crippen LogP contribution in [0.3, 0.4) is 0 Å². The lowest BCUT2D eigenvalue weighted by atomic mass is 10.2. The molecule has 0 bridgehead atoms. The average Bonchev–Trinajstić information content (AvgIpc) is 3.37. The van der Waals surface area contributed by atoms with Gasteiger partial charge in [0.05, 0.1) is 17.3 Å². The number of rotatable bonds is 4. The molecular formula is C20H13N5O2S. The van der Waals surface area contributed by atoms with E-state index in [0.29, 0.717) is 16.9 Å². The molecule has 4 heterocycles. The number of para-hydroxylation sites is 1. The highest BCUT2D eigenvalue weighted by atomic mass is 32.2. The first kappa shape index (κ1) is 16.6. The zero-order chi connectivity index (χ0) is 18.9. The topological polar surface area (TPSA) is 90.7 Å². The van der Waals surface area contributed by atoms with Crippen LogP contribution in [-0.4, -0.2) is 25.1 Å². The first-order valence-corrected chi connectivity index (χ1v) is 9.32. The summed E-state index contributed by atoms with van der Waals surface area (Å²) >= 11 is 1.31. The van der Waals surface area contributed by atoms with Gasteiger partial charge in [0.25, 0.3) is 11.1 Å². The SMILES string of the molecule is Cc1occc1-c1nnc(Sc2nc(-c3cccnc3)nc3ccccc23)o1. The van der Waals surface area contributed by atoms with Gasteiger partial charge in [0.2, 0.25) is 0 Å². The van der Waals surface area contributed by atoms with Gasteiger partial charge in [0.15, 0.2) is 5.82 Å². The van der Waals surface area contributed by atoms with Crippen molar-refractivity contribution in [3.63, 3.8) is 0 Å². The molecule has 0 aliphatic heterocycles. The van der Waals surface area contributed by atoms with Gasteiger partial charge in [-0.3, -0.25) is 4.98 Å². The van der Waals surface area contributed by atoms with E-state index in [1.54, 1.807) is 24.7 Å². The Kier molecular flexibility index (Phi) is 4.10. The Balaban J connectivity index is 1.57. The number of aryl methyl sites for hydroxylation is 1. The molecule has 5 rings (SSSR count). The average molecular weight is 387 g/mol. The normalized spacial score (nSPS) is 11.2. The van der Waals surface area contributed by atoms with Crippen LogP contribution in [0, 0.1) is 6.92 Å². The number of fused-ring (bicyclic) bond motifs is 1. The Morgan fingerprint density at radius 1 is 0.964 bits per heavy atom. The predicted molar refractivity (Wildman–Crippen MR) is 104 cm³/mol. The third-order valence-corrected chi connectivity index (χ3v) is 5.01. The summed E-state index contributed by atoms with van der Waals surface area (Å²) in [6.45, 7) is 1.85. The fourth-order valence-electron chi connectivity index (χ4n) is 2.80. The fraction of sp³-hybridized carbons (Fsp3) is 0.0500. The minimum atomic E-state index is 0.400. The number of benzene rings is 1. The summed E-state index contributed by atoms with van der Waals surface area (Å²) < 4.78 is 11.1. The molecule has 0 N–H and O–H groups in total. The van der Waals surface area contributed by atoms with E-state index < -0.39 is 0 Å². The van der Waals surface area contributed by atoms with E-state index in [0.717, 1.165) is 32.8 Å². The maximum Gasteiger partial charge on any atom is 0.283 e. The van der Waals surface area contributed by atoms with Crippen LogP contribution in [0.4, 0.5) is 0 Å². The highest BCUT2D eigenvalue weighted by molar-refractivity contribution is 7.99. The van der Waals surface area contributed by atoms with E-state index in [-0.39, 0.29) is 0 Å².